The van der Waals surface area contributed by atoms with Crippen LogP contribution < -0.4 is 5.32 Å². The minimum atomic E-state index is -1.56. The van der Waals surface area contributed by atoms with E-state index in [1.165, 1.54) is 0 Å². The van der Waals surface area contributed by atoms with Crippen molar-refractivity contribution in [3.8, 4) is 0 Å². The van der Waals surface area contributed by atoms with Gasteiger partial charge in [0.15, 0.2) is 11.9 Å². The van der Waals surface area contributed by atoms with Crippen LogP contribution in [0.4, 0.5) is 4.79 Å². The van der Waals surface area contributed by atoms with E-state index >= 15 is 0 Å². The molecule has 0 bridgehead atoms. The number of carbonyl (C=O) groups is 3. The SMILES string of the molecule is CCOC(=O)CNC(=O)OC1=C(O)C(C(O)CO)OC1=O. The van der Waals surface area contributed by atoms with E-state index < -0.39 is 54.9 Å². The molecule has 118 valence electrons. The zero-order chi connectivity index (χ0) is 16.0. The summed E-state index contributed by atoms with van der Waals surface area (Å²) in [5.41, 5.74) is 0. The molecule has 1 rings (SSSR count). The number of aliphatic hydroxyl groups excluding tert-OH is 3. The van der Waals surface area contributed by atoms with Crippen molar-refractivity contribution < 1.29 is 43.9 Å². The summed E-state index contributed by atoms with van der Waals surface area (Å²) in [5, 5.41) is 29.6. The lowest BCUT2D eigenvalue weighted by Crippen LogP contribution is -2.31. The Bertz CT molecular complexity index is 459. The molecule has 0 aromatic heterocycles. The Balaban J connectivity index is 2.60. The van der Waals surface area contributed by atoms with Crippen LogP contribution in [0, 0.1) is 0 Å². The standard InChI is InChI=1S/C11H15NO9/c1-2-19-6(15)3-12-11(18)21-9-7(16)8(5(14)4-13)20-10(9)17/h5,8,13-14,16H,2-4H2,1H3,(H,12,18). The predicted octanol–water partition coefficient (Wildman–Crippen LogP) is -1.68. The van der Waals surface area contributed by atoms with Crippen molar-refractivity contribution in [2.24, 2.45) is 0 Å². The van der Waals surface area contributed by atoms with Gasteiger partial charge in [0.25, 0.3) is 5.76 Å². The molecular weight excluding hydrogens is 290 g/mol. The second kappa shape index (κ2) is 7.45. The molecule has 1 aliphatic heterocycles. The molecule has 0 spiro atoms. The fourth-order valence-corrected chi connectivity index (χ4v) is 1.39. The Morgan fingerprint density at radius 2 is 2.14 bits per heavy atom. The molecule has 0 fully saturated rings. The van der Waals surface area contributed by atoms with Gasteiger partial charge >= 0.3 is 18.0 Å². The summed E-state index contributed by atoms with van der Waals surface area (Å²) in [4.78, 5) is 33.7. The Hall–Kier alpha value is -2.33. The second-order valence-electron chi connectivity index (χ2n) is 3.84. The van der Waals surface area contributed by atoms with Crippen LogP contribution >= 0.6 is 0 Å². The fraction of sp³-hybridized carbons (Fsp3) is 0.545. The van der Waals surface area contributed by atoms with Crippen LogP contribution in [0.3, 0.4) is 0 Å². The van der Waals surface area contributed by atoms with E-state index in [4.69, 9.17) is 5.11 Å². The van der Waals surface area contributed by atoms with E-state index in [1.54, 1.807) is 6.92 Å². The van der Waals surface area contributed by atoms with Gasteiger partial charge in [-0.3, -0.25) is 4.79 Å². The van der Waals surface area contributed by atoms with Gasteiger partial charge in [-0.2, -0.15) is 0 Å². The van der Waals surface area contributed by atoms with Gasteiger partial charge in [-0.25, -0.2) is 9.59 Å². The lowest BCUT2D eigenvalue weighted by atomic mass is 10.2. The number of hydrogen-bond acceptors (Lipinski definition) is 9. The first-order valence-electron chi connectivity index (χ1n) is 5.95. The maximum Gasteiger partial charge on any atom is 0.413 e. The number of nitrogens with one attached hydrogen (secondary N) is 1. The maximum absolute atomic E-state index is 11.4. The largest absolute Gasteiger partial charge is 0.505 e. The first-order valence-corrected chi connectivity index (χ1v) is 5.95. The number of cyclic esters (lactones) is 1. The van der Waals surface area contributed by atoms with Crippen LogP contribution in [-0.4, -0.2) is 65.3 Å². The average Bonchev–Trinajstić information content (AvgIpc) is 2.72. The van der Waals surface area contributed by atoms with Gasteiger partial charge in [-0.15, -0.1) is 0 Å². The van der Waals surface area contributed by atoms with Crippen LogP contribution in [0.5, 0.6) is 0 Å². The van der Waals surface area contributed by atoms with E-state index in [0.717, 1.165) is 0 Å². The molecule has 1 aliphatic rings. The summed E-state index contributed by atoms with van der Waals surface area (Å²) >= 11 is 0. The van der Waals surface area contributed by atoms with Gasteiger partial charge in [0.2, 0.25) is 0 Å². The topological polar surface area (TPSA) is 152 Å². The van der Waals surface area contributed by atoms with E-state index in [0.29, 0.717) is 0 Å². The molecule has 0 aromatic carbocycles. The zero-order valence-electron chi connectivity index (χ0n) is 11.1. The van der Waals surface area contributed by atoms with Gasteiger partial charge in [0.1, 0.15) is 12.6 Å². The number of hydrogen-bond donors (Lipinski definition) is 4. The summed E-state index contributed by atoms with van der Waals surface area (Å²) in [6.07, 6.45) is -4.27. The average molecular weight is 305 g/mol. The van der Waals surface area contributed by atoms with Crippen molar-refractivity contribution in [2.45, 2.75) is 19.1 Å². The molecule has 0 aromatic rings. The Morgan fingerprint density at radius 3 is 2.71 bits per heavy atom. The number of aliphatic hydroxyl groups is 3. The van der Waals surface area contributed by atoms with Gasteiger partial charge in [0.05, 0.1) is 13.2 Å². The molecule has 4 N–H and O–H groups in total. The summed E-state index contributed by atoms with van der Waals surface area (Å²) in [7, 11) is 0. The zero-order valence-corrected chi connectivity index (χ0v) is 11.1. The number of amides is 1. The third-order valence-electron chi connectivity index (χ3n) is 2.34. The van der Waals surface area contributed by atoms with Crippen LogP contribution in [0.25, 0.3) is 0 Å². The molecule has 10 heteroatoms. The van der Waals surface area contributed by atoms with E-state index in [-0.39, 0.29) is 6.61 Å². The third kappa shape index (κ3) is 4.33. The number of alkyl carbamates (subject to hydrolysis) is 1. The molecule has 1 amide bonds. The van der Waals surface area contributed by atoms with Crippen LogP contribution in [-0.2, 0) is 23.8 Å². The molecule has 0 aliphatic carbocycles. The monoisotopic (exact) mass is 305 g/mol. The third-order valence-corrected chi connectivity index (χ3v) is 2.34. The molecule has 1 heterocycles. The Labute approximate surface area is 118 Å². The van der Waals surface area contributed by atoms with Gasteiger partial charge in [-0.05, 0) is 6.92 Å². The minimum Gasteiger partial charge on any atom is -0.505 e. The van der Waals surface area contributed by atoms with E-state index in [9.17, 15) is 24.6 Å². The van der Waals surface area contributed by atoms with Gasteiger partial charge in [-0.1, -0.05) is 0 Å². The molecule has 21 heavy (non-hydrogen) atoms. The normalized spacial score (nSPS) is 19.0. The van der Waals surface area contributed by atoms with E-state index in [2.05, 4.69) is 14.2 Å². The smallest absolute Gasteiger partial charge is 0.413 e. The lowest BCUT2D eigenvalue weighted by molar-refractivity contribution is -0.147. The molecule has 0 radical (unpaired) electrons. The number of carbonyl (C=O) groups excluding carboxylic acids is 3. The second-order valence-corrected chi connectivity index (χ2v) is 3.84. The summed E-state index contributed by atoms with van der Waals surface area (Å²) in [6.45, 7) is 0.456. The molecule has 0 saturated heterocycles. The first-order chi connectivity index (χ1) is 9.90. The van der Waals surface area contributed by atoms with Crippen molar-refractivity contribution in [3.05, 3.63) is 11.5 Å². The number of esters is 2. The highest BCUT2D eigenvalue weighted by Crippen LogP contribution is 2.24. The first kappa shape index (κ1) is 16.7. The van der Waals surface area contributed by atoms with Crippen LogP contribution in [0.15, 0.2) is 11.5 Å². The van der Waals surface area contributed by atoms with Crippen LogP contribution in [0.1, 0.15) is 6.92 Å². The van der Waals surface area contributed by atoms with E-state index in [1.807, 2.05) is 5.32 Å². The Kier molecular flexibility index (Phi) is 5.93. The quantitative estimate of drug-likeness (QED) is 0.333. The van der Waals surface area contributed by atoms with Crippen molar-refractivity contribution in [1.29, 1.82) is 0 Å². The molecule has 0 saturated carbocycles. The fourth-order valence-electron chi connectivity index (χ4n) is 1.39. The minimum absolute atomic E-state index is 0.133. The lowest BCUT2D eigenvalue weighted by Gasteiger charge is -2.13. The van der Waals surface area contributed by atoms with Gasteiger partial charge < -0.3 is 34.8 Å². The summed E-state index contributed by atoms with van der Waals surface area (Å²) in [6, 6.07) is 0. The highest BCUT2D eigenvalue weighted by atomic mass is 16.6. The highest BCUT2D eigenvalue weighted by Gasteiger charge is 2.41. The predicted molar refractivity (Wildman–Crippen MR) is 63.7 cm³/mol. The number of rotatable bonds is 6. The van der Waals surface area contributed by atoms with Crippen LogP contribution in [0.2, 0.25) is 0 Å². The summed E-state index contributed by atoms with van der Waals surface area (Å²) in [5.74, 6) is -3.55. The number of ether oxygens (including phenoxy) is 3. The van der Waals surface area contributed by atoms with Crippen molar-refractivity contribution in [2.75, 3.05) is 19.8 Å². The van der Waals surface area contributed by atoms with Gasteiger partial charge in [0, 0.05) is 0 Å². The highest BCUT2D eigenvalue weighted by molar-refractivity contribution is 5.92. The molecular formula is C11H15NO9. The van der Waals surface area contributed by atoms with Crippen molar-refractivity contribution >= 4 is 18.0 Å². The molecule has 2 atom stereocenters. The molecule has 10 nitrogen and oxygen atoms in total. The molecule has 2 unspecified atom stereocenters. The maximum atomic E-state index is 11.4. The van der Waals surface area contributed by atoms with Crippen molar-refractivity contribution in [3.63, 3.8) is 0 Å². The Morgan fingerprint density at radius 1 is 1.48 bits per heavy atom. The summed E-state index contributed by atoms with van der Waals surface area (Å²) < 4.78 is 13.6. The van der Waals surface area contributed by atoms with Crippen molar-refractivity contribution in [1.82, 2.24) is 5.32 Å².